The van der Waals surface area contributed by atoms with Crippen LogP contribution in [0.2, 0.25) is 0 Å². The van der Waals surface area contributed by atoms with Gasteiger partial charge in [0.25, 0.3) is 6.26 Å². The van der Waals surface area contributed by atoms with E-state index in [0.717, 1.165) is 0 Å². The van der Waals surface area contributed by atoms with Gasteiger partial charge in [-0.05, 0) is 4.43 Å². The Labute approximate surface area is 103 Å². The first-order valence-corrected chi connectivity index (χ1v) is 5.33. The van der Waals surface area contributed by atoms with E-state index in [2.05, 4.69) is 23.6 Å². The van der Waals surface area contributed by atoms with E-state index in [4.69, 9.17) is 12.8 Å². The van der Waals surface area contributed by atoms with Crippen molar-refractivity contribution in [3.63, 3.8) is 0 Å². The standard InChI is InChI=1S/C3H8.C2H5I.2C2H3NO/c1-3-2;1-2-3;1-4-2-3;1-3-2-4/h3H2,1-2H3;2H2,1H3;2*1H3/i;1D2;;. The molecule has 0 saturated heterocycles. The van der Waals surface area contributed by atoms with E-state index < -0.39 is 6.88 Å². The minimum absolute atomic E-state index is 0.609. The summed E-state index contributed by atoms with van der Waals surface area (Å²) in [5, 5.41) is 7.40. The second-order valence-electron chi connectivity index (χ2n) is 1.47. The van der Waals surface area contributed by atoms with Crippen molar-refractivity contribution in [1.29, 1.82) is 5.26 Å². The lowest BCUT2D eigenvalue weighted by molar-refractivity contribution is 0.362. The van der Waals surface area contributed by atoms with Crippen LogP contribution in [0.4, 0.5) is 0 Å². The molecule has 0 saturated carbocycles. The molecule has 0 atom stereocenters. The number of hydrogen-bond acceptors (Lipinski definition) is 4. The van der Waals surface area contributed by atoms with Gasteiger partial charge in [-0.2, -0.15) is 5.26 Å². The van der Waals surface area contributed by atoms with Crippen LogP contribution in [-0.4, -0.2) is 24.7 Å². The summed E-state index contributed by atoms with van der Waals surface area (Å²) in [6, 6.07) is 0. The van der Waals surface area contributed by atoms with Gasteiger partial charge in [0.1, 0.15) is 0 Å². The van der Waals surface area contributed by atoms with Crippen LogP contribution in [0.15, 0.2) is 4.99 Å². The van der Waals surface area contributed by atoms with Crippen LogP contribution in [0.5, 0.6) is 0 Å². The molecule has 0 aromatic carbocycles. The predicted molar refractivity (Wildman–Crippen MR) is 67.2 cm³/mol. The zero-order chi connectivity index (χ0) is 13.8. The van der Waals surface area contributed by atoms with Crippen molar-refractivity contribution >= 4 is 28.7 Å². The Morgan fingerprint density at radius 2 is 1.86 bits per heavy atom. The third-order valence-electron chi connectivity index (χ3n) is 0.183. The van der Waals surface area contributed by atoms with Crippen molar-refractivity contribution in [3.8, 4) is 6.26 Å². The van der Waals surface area contributed by atoms with E-state index in [1.165, 1.54) is 32.9 Å². The van der Waals surface area contributed by atoms with E-state index in [-0.39, 0.29) is 0 Å². The highest BCUT2D eigenvalue weighted by Gasteiger charge is 1.42. The van der Waals surface area contributed by atoms with Gasteiger partial charge in [0.2, 0.25) is 6.08 Å². The summed E-state index contributed by atoms with van der Waals surface area (Å²) >= 11 is 2.00. The summed E-state index contributed by atoms with van der Waals surface area (Å²) in [4.78, 5) is 11.8. The average Bonchev–Trinajstić information content (AvgIpc) is 2.30. The molecular weight excluding hydrogens is 295 g/mol. The summed E-state index contributed by atoms with van der Waals surface area (Å²) in [5.41, 5.74) is 0. The van der Waals surface area contributed by atoms with Crippen LogP contribution in [0.1, 0.15) is 29.9 Å². The Morgan fingerprint density at radius 1 is 1.64 bits per heavy atom. The molecule has 0 aliphatic heterocycles. The first kappa shape index (κ1) is 15.9. The van der Waals surface area contributed by atoms with Gasteiger partial charge in [-0.15, -0.1) is 0 Å². The van der Waals surface area contributed by atoms with E-state index in [1.807, 2.05) is 22.6 Å². The first-order valence-electron chi connectivity index (χ1n) is 4.96. The maximum Gasteiger partial charge on any atom is 0.286 e. The molecule has 5 heteroatoms. The maximum atomic E-state index is 8.88. The number of ether oxygens (including phenoxy) is 1. The molecular formula is C9H19IN2O2. The minimum atomic E-state index is -0.629. The number of halogens is 1. The molecule has 0 aromatic heterocycles. The van der Waals surface area contributed by atoms with Crippen molar-refractivity contribution in [2.45, 2.75) is 27.1 Å². The van der Waals surface area contributed by atoms with Gasteiger partial charge in [0.15, 0.2) is 0 Å². The molecule has 0 aromatic rings. The van der Waals surface area contributed by atoms with Crippen LogP contribution in [-0.2, 0) is 9.53 Å². The summed E-state index contributed by atoms with van der Waals surface area (Å²) in [5.74, 6) is 0. The molecule has 0 aliphatic carbocycles. The quantitative estimate of drug-likeness (QED) is 0.227. The number of nitrogens with zero attached hydrogens (tertiary/aromatic N) is 2. The van der Waals surface area contributed by atoms with Crippen LogP contribution in [0, 0.1) is 11.5 Å². The molecule has 84 valence electrons. The fourth-order valence-electron chi connectivity index (χ4n) is 0. The third kappa shape index (κ3) is 629. The Bertz CT molecular complexity index is 181. The summed E-state index contributed by atoms with van der Waals surface area (Å²) in [6.45, 7) is 3.62. The molecule has 0 rings (SSSR count). The van der Waals surface area contributed by atoms with E-state index in [1.54, 1.807) is 0 Å². The Hall–Kier alpha value is -0.600. The number of hydrogen-bond donors (Lipinski definition) is 0. The fraction of sp³-hybridized carbons (Fsp3) is 0.778. The zero-order valence-corrected chi connectivity index (χ0v) is 11.2. The molecule has 0 amide bonds. The SMILES string of the molecule is CCC.CN=C=O.COC#N.[2H]C([2H])CI. The van der Waals surface area contributed by atoms with E-state index in [9.17, 15) is 0 Å². The van der Waals surface area contributed by atoms with Crippen molar-refractivity contribution in [3.05, 3.63) is 0 Å². The highest BCUT2D eigenvalue weighted by atomic mass is 127. The molecule has 0 spiro atoms. The molecule has 0 aliphatic rings. The van der Waals surface area contributed by atoms with Gasteiger partial charge < -0.3 is 4.74 Å². The van der Waals surface area contributed by atoms with Crippen molar-refractivity contribution in [2.24, 2.45) is 4.99 Å². The second-order valence-corrected chi connectivity index (χ2v) is 2.35. The number of methoxy groups -OCH3 is 1. The number of alkyl halides is 1. The zero-order valence-electron chi connectivity index (χ0n) is 11.1. The molecule has 0 bridgehead atoms. The van der Waals surface area contributed by atoms with Crippen molar-refractivity contribution in [1.82, 2.24) is 0 Å². The first-order chi connectivity index (χ1) is 7.51. The highest BCUT2D eigenvalue weighted by molar-refractivity contribution is 14.1. The van der Waals surface area contributed by atoms with E-state index >= 15 is 0 Å². The number of carbonyl (C=O) groups excluding carboxylic acids is 1. The van der Waals surface area contributed by atoms with Crippen LogP contribution in [0.25, 0.3) is 0 Å². The Kier molecular flexibility index (Phi) is 62.6. The summed E-state index contributed by atoms with van der Waals surface area (Å²) in [7, 11) is 2.70. The molecule has 0 fully saturated rings. The minimum Gasteiger partial charge on any atom is -0.431 e. The second kappa shape index (κ2) is 55.3. The molecule has 0 unspecified atom stereocenters. The molecule has 4 nitrogen and oxygen atoms in total. The average molecular weight is 316 g/mol. The Balaban J connectivity index is -0.0000000610. The fourth-order valence-corrected chi connectivity index (χ4v) is 0. The molecule has 0 heterocycles. The highest BCUT2D eigenvalue weighted by Crippen LogP contribution is 1.69. The van der Waals surface area contributed by atoms with Gasteiger partial charge in [0.05, 0.1) is 7.11 Å². The Morgan fingerprint density at radius 3 is 1.86 bits per heavy atom. The number of isocyanates is 1. The lowest BCUT2D eigenvalue weighted by Gasteiger charge is -1.61. The lowest BCUT2D eigenvalue weighted by Crippen LogP contribution is -1.55. The largest absolute Gasteiger partial charge is 0.431 e. The molecule has 0 radical (unpaired) electrons. The maximum absolute atomic E-state index is 8.88. The topological polar surface area (TPSA) is 62.4 Å². The van der Waals surface area contributed by atoms with Gasteiger partial charge in [-0.1, -0.05) is 49.7 Å². The van der Waals surface area contributed by atoms with Gasteiger partial charge >= 0.3 is 0 Å². The van der Waals surface area contributed by atoms with E-state index in [0.29, 0.717) is 4.43 Å². The van der Waals surface area contributed by atoms with Crippen LogP contribution in [0.3, 0.4) is 0 Å². The monoisotopic (exact) mass is 316 g/mol. The van der Waals surface area contributed by atoms with Gasteiger partial charge in [-0.3, -0.25) is 0 Å². The van der Waals surface area contributed by atoms with Crippen molar-refractivity contribution in [2.75, 3.05) is 18.6 Å². The number of rotatable bonds is 0. The number of nitriles is 1. The predicted octanol–water partition coefficient (Wildman–Crippen LogP) is 2.92. The molecule has 14 heavy (non-hydrogen) atoms. The van der Waals surface area contributed by atoms with Crippen LogP contribution >= 0.6 is 22.6 Å². The summed E-state index contributed by atoms with van der Waals surface area (Å²) in [6.07, 6.45) is 3.99. The van der Waals surface area contributed by atoms with Crippen molar-refractivity contribution < 1.29 is 12.3 Å². The lowest BCUT2D eigenvalue weighted by atomic mass is 10.6. The summed E-state index contributed by atoms with van der Waals surface area (Å²) < 4.78 is 17.4. The number of aliphatic imine (C=N–C) groups is 1. The van der Waals surface area contributed by atoms with Gasteiger partial charge in [0, 0.05) is 9.79 Å². The molecule has 0 N–H and O–H groups in total. The normalized spacial score (nSPS) is 7.21. The van der Waals surface area contributed by atoms with Gasteiger partial charge in [-0.25, -0.2) is 9.79 Å². The van der Waals surface area contributed by atoms with Crippen LogP contribution < -0.4 is 0 Å². The smallest absolute Gasteiger partial charge is 0.286 e. The third-order valence-corrected chi connectivity index (χ3v) is 0.183.